The van der Waals surface area contributed by atoms with E-state index in [1.54, 1.807) is 30.5 Å². The van der Waals surface area contributed by atoms with Crippen molar-refractivity contribution in [3.8, 4) is 5.75 Å². The van der Waals surface area contributed by atoms with Crippen molar-refractivity contribution < 1.29 is 26.3 Å². The Balaban J connectivity index is 1.89. The maximum absolute atomic E-state index is 12.3. The first-order valence-electron chi connectivity index (χ1n) is 8.69. The molecule has 10 heteroatoms. The standard InChI is InChI=1S/C19H20F3N3O3S/c1-28-14-8-6-13(7-9-14)16(11-24-29(26,27)25-12-19(20,21)22)17-10-23-18-5-3-2-4-15(17)18/h2-10,16,23-25H,11-12H2,1H3. The Bertz CT molecular complexity index is 1060. The number of para-hydroxylation sites is 1. The van der Waals surface area contributed by atoms with Gasteiger partial charge in [-0.05, 0) is 29.3 Å². The van der Waals surface area contributed by atoms with Crippen LogP contribution in [0.25, 0.3) is 10.9 Å². The zero-order valence-electron chi connectivity index (χ0n) is 15.5. The lowest BCUT2D eigenvalue weighted by Crippen LogP contribution is -2.42. The first-order chi connectivity index (χ1) is 13.7. The van der Waals surface area contributed by atoms with E-state index in [9.17, 15) is 21.6 Å². The van der Waals surface area contributed by atoms with Gasteiger partial charge in [0.15, 0.2) is 0 Å². The van der Waals surface area contributed by atoms with Crippen molar-refractivity contribution in [2.45, 2.75) is 12.1 Å². The number of hydrogen-bond donors (Lipinski definition) is 3. The van der Waals surface area contributed by atoms with E-state index in [-0.39, 0.29) is 6.54 Å². The number of methoxy groups -OCH3 is 1. The molecule has 3 aromatic rings. The minimum atomic E-state index is -4.64. The summed E-state index contributed by atoms with van der Waals surface area (Å²) < 4.78 is 69.9. The molecular weight excluding hydrogens is 407 g/mol. The number of aromatic amines is 1. The molecule has 0 spiro atoms. The van der Waals surface area contributed by atoms with Gasteiger partial charge in [-0.1, -0.05) is 30.3 Å². The number of aromatic nitrogens is 1. The number of rotatable bonds is 8. The summed E-state index contributed by atoms with van der Waals surface area (Å²) in [5, 5.41) is 0.899. The molecule has 0 radical (unpaired) electrons. The molecule has 3 rings (SSSR count). The third kappa shape index (κ3) is 5.49. The summed E-state index contributed by atoms with van der Waals surface area (Å²) >= 11 is 0. The number of alkyl halides is 3. The lowest BCUT2D eigenvalue weighted by atomic mass is 9.91. The number of benzene rings is 2. The second-order valence-corrected chi connectivity index (χ2v) is 7.99. The van der Waals surface area contributed by atoms with E-state index in [2.05, 4.69) is 9.71 Å². The molecule has 0 aliphatic carbocycles. The van der Waals surface area contributed by atoms with Crippen LogP contribution in [-0.2, 0) is 10.2 Å². The molecule has 0 aliphatic heterocycles. The van der Waals surface area contributed by atoms with Gasteiger partial charge in [0.05, 0.1) is 7.11 Å². The van der Waals surface area contributed by atoms with Crippen LogP contribution >= 0.6 is 0 Å². The monoisotopic (exact) mass is 427 g/mol. The van der Waals surface area contributed by atoms with Gasteiger partial charge in [-0.15, -0.1) is 0 Å². The summed E-state index contributed by atoms with van der Waals surface area (Å²) in [5.41, 5.74) is 2.48. The van der Waals surface area contributed by atoms with Gasteiger partial charge in [-0.25, -0.2) is 4.72 Å². The van der Waals surface area contributed by atoms with E-state index in [1.165, 1.54) is 11.8 Å². The fourth-order valence-electron chi connectivity index (χ4n) is 3.05. The van der Waals surface area contributed by atoms with Gasteiger partial charge in [0.2, 0.25) is 0 Å². The SMILES string of the molecule is COc1ccc(C(CNS(=O)(=O)NCC(F)(F)F)c2c[nH]c3ccccc23)cc1. The van der Waals surface area contributed by atoms with Gasteiger partial charge >= 0.3 is 6.18 Å². The molecule has 1 heterocycles. The van der Waals surface area contributed by atoms with E-state index in [0.29, 0.717) is 5.75 Å². The van der Waals surface area contributed by atoms with E-state index >= 15 is 0 Å². The van der Waals surface area contributed by atoms with Crippen molar-refractivity contribution in [1.82, 2.24) is 14.4 Å². The molecule has 6 nitrogen and oxygen atoms in total. The highest BCUT2D eigenvalue weighted by atomic mass is 32.2. The molecule has 0 fully saturated rings. The quantitative estimate of drug-likeness (QED) is 0.516. The van der Waals surface area contributed by atoms with Crippen LogP contribution in [0, 0.1) is 0 Å². The summed E-state index contributed by atoms with van der Waals surface area (Å²) in [7, 11) is -2.80. The van der Waals surface area contributed by atoms with Gasteiger partial charge in [0, 0.05) is 29.6 Å². The fourth-order valence-corrected chi connectivity index (χ4v) is 3.89. The maximum atomic E-state index is 12.3. The summed E-state index contributed by atoms with van der Waals surface area (Å²) in [6, 6.07) is 14.6. The van der Waals surface area contributed by atoms with Crippen molar-refractivity contribution >= 4 is 21.1 Å². The lowest BCUT2D eigenvalue weighted by Gasteiger charge is -2.19. The Morgan fingerprint density at radius 1 is 1.07 bits per heavy atom. The zero-order valence-corrected chi connectivity index (χ0v) is 16.3. The van der Waals surface area contributed by atoms with Crippen LogP contribution in [0.1, 0.15) is 17.0 Å². The van der Waals surface area contributed by atoms with E-state index < -0.39 is 28.8 Å². The molecule has 0 bridgehead atoms. The van der Waals surface area contributed by atoms with Crippen molar-refractivity contribution in [3.63, 3.8) is 0 Å². The molecular formula is C19H20F3N3O3S. The number of hydrogen-bond acceptors (Lipinski definition) is 3. The van der Waals surface area contributed by atoms with Gasteiger partial charge in [-0.2, -0.15) is 26.3 Å². The third-order valence-corrected chi connectivity index (χ3v) is 5.53. The highest BCUT2D eigenvalue weighted by Crippen LogP contribution is 2.31. The Kier molecular flexibility index (Phi) is 6.15. The van der Waals surface area contributed by atoms with Crippen LogP contribution in [-0.4, -0.2) is 39.8 Å². The predicted octanol–water partition coefficient (Wildman–Crippen LogP) is 3.29. The van der Waals surface area contributed by atoms with E-state index in [0.717, 1.165) is 22.0 Å². The number of nitrogens with one attached hydrogen (secondary N) is 3. The zero-order chi connectivity index (χ0) is 21.1. The van der Waals surface area contributed by atoms with Crippen molar-refractivity contribution in [2.24, 2.45) is 0 Å². The van der Waals surface area contributed by atoms with E-state index in [4.69, 9.17) is 4.74 Å². The van der Waals surface area contributed by atoms with Crippen LogP contribution in [0.15, 0.2) is 54.7 Å². The molecule has 156 valence electrons. The largest absolute Gasteiger partial charge is 0.497 e. The van der Waals surface area contributed by atoms with Crippen molar-refractivity contribution in [3.05, 3.63) is 65.9 Å². The molecule has 0 amide bonds. The summed E-state index contributed by atoms with van der Waals surface area (Å²) in [4.78, 5) is 3.14. The smallest absolute Gasteiger partial charge is 0.402 e. The second kappa shape index (κ2) is 8.44. The Morgan fingerprint density at radius 2 is 1.76 bits per heavy atom. The minimum Gasteiger partial charge on any atom is -0.497 e. The Labute approximate surface area is 166 Å². The number of halogens is 3. The lowest BCUT2D eigenvalue weighted by molar-refractivity contribution is -0.121. The molecule has 0 saturated carbocycles. The number of fused-ring (bicyclic) bond motifs is 1. The fraction of sp³-hybridized carbons (Fsp3) is 0.263. The van der Waals surface area contributed by atoms with Gasteiger partial charge in [-0.3, -0.25) is 0 Å². The summed E-state index contributed by atoms with van der Waals surface area (Å²) in [5.74, 6) is 0.207. The van der Waals surface area contributed by atoms with Gasteiger partial charge in [0.1, 0.15) is 12.3 Å². The van der Waals surface area contributed by atoms with Crippen LogP contribution in [0.2, 0.25) is 0 Å². The van der Waals surface area contributed by atoms with Crippen LogP contribution in [0.5, 0.6) is 5.75 Å². The Morgan fingerprint density at radius 3 is 2.41 bits per heavy atom. The molecule has 29 heavy (non-hydrogen) atoms. The van der Waals surface area contributed by atoms with Crippen LogP contribution in [0.3, 0.4) is 0 Å². The summed E-state index contributed by atoms with van der Waals surface area (Å²) in [6.45, 7) is -1.76. The van der Waals surface area contributed by atoms with E-state index in [1.807, 2.05) is 24.3 Å². The van der Waals surface area contributed by atoms with Crippen molar-refractivity contribution in [2.75, 3.05) is 20.2 Å². The maximum Gasteiger partial charge on any atom is 0.402 e. The van der Waals surface area contributed by atoms with Gasteiger partial charge in [0.25, 0.3) is 10.2 Å². The minimum absolute atomic E-state index is 0.124. The molecule has 1 aromatic heterocycles. The molecule has 1 atom stereocenters. The second-order valence-electron chi connectivity index (χ2n) is 6.40. The van der Waals surface area contributed by atoms with Crippen molar-refractivity contribution in [1.29, 1.82) is 0 Å². The van der Waals surface area contributed by atoms with Crippen LogP contribution < -0.4 is 14.2 Å². The average molecular weight is 427 g/mol. The molecule has 3 N–H and O–H groups in total. The number of H-pyrrole nitrogens is 1. The molecule has 0 aliphatic rings. The highest BCUT2D eigenvalue weighted by Gasteiger charge is 2.30. The summed E-state index contributed by atoms with van der Waals surface area (Å²) in [6.07, 6.45) is -2.86. The molecule has 0 saturated heterocycles. The Hall–Kier alpha value is -2.56. The highest BCUT2D eigenvalue weighted by molar-refractivity contribution is 7.87. The normalized spacial score (nSPS) is 13.5. The average Bonchev–Trinajstić information content (AvgIpc) is 3.11. The first-order valence-corrected chi connectivity index (χ1v) is 10.2. The first kappa shape index (κ1) is 21.2. The van der Waals surface area contributed by atoms with Crippen LogP contribution in [0.4, 0.5) is 13.2 Å². The molecule has 2 aromatic carbocycles. The molecule has 1 unspecified atom stereocenters. The predicted molar refractivity (Wildman–Crippen MR) is 104 cm³/mol. The number of ether oxygens (including phenoxy) is 1. The topological polar surface area (TPSA) is 83.2 Å². The van der Waals surface area contributed by atoms with Gasteiger partial charge < -0.3 is 9.72 Å². The third-order valence-electron chi connectivity index (χ3n) is 4.45.